The summed E-state index contributed by atoms with van der Waals surface area (Å²) in [5.74, 6) is 2.06. The van der Waals surface area contributed by atoms with Crippen LogP contribution in [0, 0.1) is 0 Å². The third kappa shape index (κ3) is 3.93. The van der Waals surface area contributed by atoms with Gasteiger partial charge in [0.2, 0.25) is 0 Å². The summed E-state index contributed by atoms with van der Waals surface area (Å²) in [5, 5.41) is 4.13. The number of imidazole rings is 1. The number of nitrogens with one attached hydrogen (secondary N) is 1. The Kier molecular flexibility index (Phi) is 4.73. The first-order valence-corrected chi connectivity index (χ1v) is 9.06. The van der Waals surface area contributed by atoms with Crippen LogP contribution in [0.2, 0.25) is 5.02 Å². The largest absolute Gasteiger partial charge is 0.351 e. The Morgan fingerprint density at radius 1 is 1.43 bits per heavy atom. The fourth-order valence-corrected chi connectivity index (χ4v) is 4.08. The monoisotopic (exact) mass is 351 g/mol. The molecule has 23 heavy (non-hydrogen) atoms. The van der Waals surface area contributed by atoms with Gasteiger partial charge < -0.3 is 14.6 Å². The minimum absolute atomic E-state index is 0.260. The van der Waals surface area contributed by atoms with E-state index in [-0.39, 0.29) is 4.75 Å². The lowest BCUT2D eigenvalue weighted by atomic mass is 10.2. The van der Waals surface area contributed by atoms with Crippen LogP contribution < -0.4 is 5.32 Å². The summed E-state index contributed by atoms with van der Waals surface area (Å²) in [6.07, 6.45) is 3.87. The highest BCUT2D eigenvalue weighted by molar-refractivity contribution is 8.00. The van der Waals surface area contributed by atoms with Crippen molar-refractivity contribution in [2.45, 2.75) is 25.1 Å². The van der Waals surface area contributed by atoms with E-state index in [0.717, 1.165) is 36.1 Å². The summed E-state index contributed by atoms with van der Waals surface area (Å²) in [6.45, 7) is 7.23. The zero-order valence-electron chi connectivity index (χ0n) is 13.7. The van der Waals surface area contributed by atoms with Crippen molar-refractivity contribution in [3.05, 3.63) is 35.2 Å². The second kappa shape index (κ2) is 6.61. The number of pyridine rings is 1. The second-order valence-electron chi connectivity index (χ2n) is 6.28. The van der Waals surface area contributed by atoms with Crippen LogP contribution in [0.25, 0.3) is 5.65 Å². The number of nitrogens with zero attached hydrogens (tertiary/aromatic N) is 4. The number of hydrogen-bond acceptors (Lipinski definition) is 3. The molecule has 1 N–H and O–H groups in total. The topological polar surface area (TPSA) is 44.9 Å². The Bertz CT molecular complexity index is 724. The number of aromatic nitrogens is 2. The Morgan fingerprint density at radius 2 is 2.26 bits per heavy atom. The number of fused-ring (bicyclic) bond motifs is 1. The smallest absolute Gasteiger partial charge is 0.194 e. The van der Waals surface area contributed by atoms with Crippen LogP contribution in [0.4, 0.5) is 0 Å². The highest BCUT2D eigenvalue weighted by Gasteiger charge is 2.28. The maximum absolute atomic E-state index is 6.01. The van der Waals surface area contributed by atoms with Crippen LogP contribution in [0.1, 0.15) is 19.5 Å². The van der Waals surface area contributed by atoms with E-state index < -0.39 is 0 Å². The molecule has 3 rings (SSSR count). The molecule has 0 unspecified atom stereocenters. The molecule has 5 nitrogen and oxygen atoms in total. The van der Waals surface area contributed by atoms with E-state index in [4.69, 9.17) is 11.6 Å². The lowest BCUT2D eigenvalue weighted by Gasteiger charge is -2.39. The van der Waals surface area contributed by atoms with Gasteiger partial charge in [0, 0.05) is 43.0 Å². The average molecular weight is 352 g/mol. The van der Waals surface area contributed by atoms with Gasteiger partial charge >= 0.3 is 0 Å². The summed E-state index contributed by atoms with van der Waals surface area (Å²) in [4.78, 5) is 11.3. The molecule has 1 fully saturated rings. The summed E-state index contributed by atoms with van der Waals surface area (Å²) >= 11 is 8.03. The molecular weight excluding hydrogens is 330 g/mol. The van der Waals surface area contributed by atoms with E-state index in [1.54, 1.807) is 0 Å². The van der Waals surface area contributed by atoms with Gasteiger partial charge in [-0.05, 0) is 26.0 Å². The first-order valence-electron chi connectivity index (χ1n) is 7.69. The molecule has 1 aliphatic heterocycles. The molecule has 1 saturated heterocycles. The predicted octanol–water partition coefficient (Wildman–Crippen LogP) is 2.89. The lowest BCUT2D eigenvalue weighted by molar-refractivity contribution is 0.375. The minimum Gasteiger partial charge on any atom is -0.351 e. The van der Waals surface area contributed by atoms with Crippen LogP contribution in [0.3, 0.4) is 0 Å². The Hall–Kier alpha value is -1.40. The van der Waals surface area contributed by atoms with Crippen molar-refractivity contribution in [1.82, 2.24) is 19.6 Å². The molecule has 0 radical (unpaired) electrons. The molecule has 0 aliphatic carbocycles. The van der Waals surface area contributed by atoms with Gasteiger partial charge in [-0.1, -0.05) is 11.6 Å². The Morgan fingerprint density at radius 3 is 3.00 bits per heavy atom. The van der Waals surface area contributed by atoms with Crippen molar-refractivity contribution in [2.24, 2.45) is 4.99 Å². The summed E-state index contributed by atoms with van der Waals surface area (Å²) < 4.78 is 2.21. The second-order valence-corrected chi connectivity index (χ2v) is 8.51. The van der Waals surface area contributed by atoms with Crippen LogP contribution >= 0.6 is 23.4 Å². The van der Waals surface area contributed by atoms with Gasteiger partial charge in [0.25, 0.3) is 0 Å². The Balaban J connectivity index is 1.67. The summed E-state index contributed by atoms with van der Waals surface area (Å²) in [5.41, 5.74) is 1.87. The highest BCUT2D eigenvalue weighted by atomic mass is 35.5. The fourth-order valence-electron chi connectivity index (χ4n) is 2.80. The SMILES string of the molecule is CN=C(NCc1cn2cc(Cl)ccc2n1)N1CCSC(C)(C)C1. The van der Waals surface area contributed by atoms with Gasteiger partial charge in [-0.15, -0.1) is 0 Å². The van der Waals surface area contributed by atoms with Crippen LogP contribution in [0.15, 0.2) is 29.5 Å². The quantitative estimate of drug-likeness (QED) is 0.667. The van der Waals surface area contributed by atoms with Crippen molar-refractivity contribution in [2.75, 3.05) is 25.9 Å². The molecule has 7 heteroatoms. The van der Waals surface area contributed by atoms with Gasteiger partial charge in [-0.25, -0.2) is 4.98 Å². The molecule has 1 aliphatic rings. The van der Waals surface area contributed by atoms with Gasteiger partial charge in [0.1, 0.15) is 5.65 Å². The normalized spacial score (nSPS) is 18.4. The number of guanidine groups is 1. The van der Waals surface area contributed by atoms with Gasteiger partial charge in [-0.2, -0.15) is 11.8 Å². The van der Waals surface area contributed by atoms with Gasteiger partial charge in [0.05, 0.1) is 17.3 Å². The van der Waals surface area contributed by atoms with E-state index in [1.807, 2.05) is 47.7 Å². The van der Waals surface area contributed by atoms with Crippen molar-refractivity contribution >= 4 is 35.0 Å². The molecule has 0 saturated carbocycles. The summed E-state index contributed by atoms with van der Waals surface area (Å²) in [6, 6.07) is 3.78. The number of aliphatic imine (C=N–C) groups is 1. The molecule has 0 amide bonds. The fraction of sp³-hybridized carbons (Fsp3) is 0.500. The predicted molar refractivity (Wildman–Crippen MR) is 98.5 cm³/mol. The molecule has 0 atom stereocenters. The zero-order valence-corrected chi connectivity index (χ0v) is 15.3. The third-order valence-electron chi connectivity index (χ3n) is 3.83. The first kappa shape index (κ1) is 16.5. The maximum Gasteiger partial charge on any atom is 0.194 e. The van der Waals surface area contributed by atoms with E-state index >= 15 is 0 Å². The summed E-state index contributed by atoms with van der Waals surface area (Å²) in [7, 11) is 1.83. The zero-order chi connectivity index (χ0) is 16.4. The number of thioether (sulfide) groups is 1. The molecule has 0 spiro atoms. The van der Waals surface area contributed by atoms with Crippen LogP contribution in [-0.4, -0.2) is 50.9 Å². The van der Waals surface area contributed by atoms with Crippen LogP contribution in [0.5, 0.6) is 0 Å². The van der Waals surface area contributed by atoms with E-state index in [9.17, 15) is 0 Å². The van der Waals surface area contributed by atoms with Gasteiger partial charge in [-0.3, -0.25) is 4.99 Å². The number of hydrogen-bond donors (Lipinski definition) is 1. The Labute approximate surface area is 146 Å². The van der Waals surface area contributed by atoms with Crippen molar-refractivity contribution in [3.63, 3.8) is 0 Å². The van der Waals surface area contributed by atoms with Gasteiger partial charge in [0.15, 0.2) is 5.96 Å². The number of rotatable bonds is 2. The minimum atomic E-state index is 0.260. The molecular formula is C16H22ClN5S. The van der Waals surface area contributed by atoms with E-state index in [2.05, 4.69) is 34.0 Å². The van der Waals surface area contributed by atoms with Crippen molar-refractivity contribution in [3.8, 4) is 0 Å². The van der Waals surface area contributed by atoms with Crippen LogP contribution in [-0.2, 0) is 6.54 Å². The average Bonchev–Trinajstić information content (AvgIpc) is 2.89. The standard InChI is InChI=1S/C16H22ClN5S/c1-16(2)11-21(6-7-23-16)15(18-3)19-8-13-10-22-9-12(17)4-5-14(22)20-13/h4-5,9-10H,6-8,11H2,1-3H3,(H,18,19). The lowest BCUT2D eigenvalue weighted by Crippen LogP contribution is -2.50. The number of halogens is 1. The molecule has 2 aromatic heterocycles. The molecule has 2 aromatic rings. The van der Waals surface area contributed by atoms with E-state index in [0.29, 0.717) is 11.6 Å². The van der Waals surface area contributed by atoms with E-state index in [1.165, 1.54) is 0 Å². The van der Waals surface area contributed by atoms with Crippen molar-refractivity contribution in [1.29, 1.82) is 0 Å². The molecule has 0 bridgehead atoms. The van der Waals surface area contributed by atoms with Crippen molar-refractivity contribution < 1.29 is 0 Å². The first-order chi connectivity index (χ1) is 11.0. The maximum atomic E-state index is 6.01. The molecule has 0 aromatic carbocycles. The molecule has 3 heterocycles. The highest BCUT2D eigenvalue weighted by Crippen LogP contribution is 2.29. The molecule has 124 valence electrons. The third-order valence-corrected chi connectivity index (χ3v) is 5.35.